The summed E-state index contributed by atoms with van der Waals surface area (Å²) in [6.07, 6.45) is 3.25. The van der Waals surface area contributed by atoms with Gasteiger partial charge in [-0.3, -0.25) is 14.7 Å². The van der Waals surface area contributed by atoms with E-state index in [4.69, 9.17) is 0 Å². The van der Waals surface area contributed by atoms with Gasteiger partial charge in [-0.1, -0.05) is 29.8 Å². The molecule has 4 rings (SSSR count). The van der Waals surface area contributed by atoms with Crippen LogP contribution >= 0.6 is 0 Å². The van der Waals surface area contributed by atoms with E-state index < -0.39 is 5.60 Å². The van der Waals surface area contributed by atoms with Crippen molar-refractivity contribution in [2.24, 2.45) is 0 Å². The lowest BCUT2D eigenvalue weighted by atomic mass is 9.91. The van der Waals surface area contributed by atoms with E-state index >= 15 is 0 Å². The number of carbonyl (C=O) groups excluding carboxylic acids is 1. The molecule has 0 saturated heterocycles. The van der Waals surface area contributed by atoms with Crippen LogP contribution in [0.25, 0.3) is 11.2 Å². The van der Waals surface area contributed by atoms with Crippen LogP contribution in [0.5, 0.6) is 0 Å². The number of aliphatic hydroxyl groups is 1. The van der Waals surface area contributed by atoms with E-state index in [-0.39, 0.29) is 12.3 Å². The summed E-state index contributed by atoms with van der Waals surface area (Å²) in [6.45, 7) is 5.61. The van der Waals surface area contributed by atoms with Gasteiger partial charge in [-0.05, 0) is 57.7 Å². The zero-order valence-electron chi connectivity index (χ0n) is 16.6. The molecule has 146 valence electrons. The van der Waals surface area contributed by atoms with Crippen molar-refractivity contribution in [3.8, 4) is 0 Å². The average Bonchev–Trinajstić information content (AvgIpc) is 2.90. The number of hydrogen-bond donors (Lipinski definition) is 2. The first-order valence-electron chi connectivity index (χ1n) is 9.78. The third-order valence-corrected chi connectivity index (χ3v) is 5.55. The summed E-state index contributed by atoms with van der Waals surface area (Å²) in [4.78, 5) is 22.0. The maximum atomic E-state index is 12.7. The highest BCUT2D eigenvalue weighted by atomic mass is 16.3. The van der Waals surface area contributed by atoms with Gasteiger partial charge in [0.05, 0.1) is 12.0 Å². The van der Waals surface area contributed by atoms with Gasteiger partial charge in [-0.2, -0.15) is 0 Å². The topological polar surface area (TPSA) is 80.0 Å². The Bertz CT molecular complexity index is 1020. The summed E-state index contributed by atoms with van der Waals surface area (Å²) in [5.41, 5.74) is 3.09. The molecule has 1 saturated carbocycles. The molecule has 2 heterocycles. The summed E-state index contributed by atoms with van der Waals surface area (Å²) in [7, 11) is 0. The minimum Gasteiger partial charge on any atom is -0.385 e. The largest absolute Gasteiger partial charge is 0.385 e. The van der Waals surface area contributed by atoms with Crippen LogP contribution in [-0.2, 0) is 10.4 Å². The van der Waals surface area contributed by atoms with Crippen LogP contribution < -0.4 is 5.32 Å². The molecule has 6 heteroatoms. The number of fused-ring (bicyclic) bond motifs is 1. The van der Waals surface area contributed by atoms with E-state index in [9.17, 15) is 9.90 Å². The van der Waals surface area contributed by atoms with Crippen molar-refractivity contribution in [1.29, 1.82) is 0 Å². The van der Waals surface area contributed by atoms with Gasteiger partial charge in [-0.25, -0.2) is 9.97 Å². The fraction of sp³-hybridized carbons (Fsp3) is 0.409. The van der Waals surface area contributed by atoms with Crippen molar-refractivity contribution in [3.05, 3.63) is 53.2 Å². The molecule has 6 nitrogen and oxygen atoms in total. The smallest absolute Gasteiger partial charge is 0.229 e. The Balaban J connectivity index is 1.59. The summed E-state index contributed by atoms with van der Waals surface area (Å²) in [5, 5.41) is 13.8. The van der Waals surface area contributed by atoms with Gasteiger partial charge in [-0.15, -0.1) is 0 Å². The number of aryl methyl sites for hydroxylation is 2. The Labute approximate surface area is 164 Å². The zero-order chi connectivity index (χ0) is 19.9. The summed E-state index contributed by atoms with van der Waals surface area (Å²) in [6, 6.07) is 11.8. The van der Waals surface area contributed by atoms with E-state index in [1.54, 1.807) is 6.92 Å². The fourth-order valence-electron chi connectivity index (χ4n) is 3.64. The molecule has 1 amide bonds. The highest BCUT2D eigenvalue weighted by Crippen LogP contribution is 2.37. The number of hydrogen-bond acceptors (Lipinski definition) is 4. The molecular weight excluding hydrogens is 352 g/mol. The minimum absolute atomic E-state index is 0.0452. The molecule has 0 aliphatic heterocycles. The van der Waals surface area contributed by atoms with Crippen LogP contribution in [0.1, 0.15) is 55.5 Å². The number of nitrogens with one attached hydrogen (secondary N) is 1. The van der Waals surface area contributed by atoms with Crippen molar-refractivity contribution < 1.29 is 9.90 Å². The monoisotopic (exact) mass is 378 g/mol. The van der Waals surface area contributed by atoms with Crippen molar-refractivity contribution in [3.63, 3.8) is 0 Å². The lowest BCUT2D eigenvalue weighted by Crippen LogP contribution is -2.30. The number of aromatic nitrogens is 3. The first kappa shape index (κ1) is 18.6. The number of nitrogens with zero attached hydrogens (tertiary/aromatic N) is 3. The Morgan fingerprint density at radius 1 is 1.18 bits per heavy atom. The van der Waals surface area contributed by atoms with Crippen molar-refractivity contribution >= 4 is 23.0 Å². The summed E-state index contributed by atoms with van der Waals surface area (Å²) < 4.78 is 2.05. The molecule has 1 aromatic carbocycles. The quantitative estimate of drug-likeness (QED) is 0.703. The number of rotatable bonds is 5. The van der Waals surface area contributed by atoms with E-state index in [0.717, 1.165) is 40.8 Å². The second-order valence-corrected chi connectivity index (χ2v) is 8.05. The molecule has 0 radical (unpaired) electrons. The molecule has 2 aromatic heterocycles. The molecule has 1 fully saturated rings. The maximum absolute atomic E-state index is 12.7. The number of anilines is 1. The predicted octanol–water partition coefficient (Wildman–Crippen LogP) is 4.01. The molecule has 0 spiro atoms. The van der Waals surface area contributed by atoms with E-state index in [1.165, 1.54) is 6.42 Å². The Morgan fingerprint density at radius 2 is 1.89 bits per heavy atom. The number of carbonyl (C=O) groups is 1. The van der Waals surface area contributed by atoms with E-state index in [0.29, 0.717) is 12.0 Å². The van der Waals surface area contributed by atoms with Crippen LogP contribution in [-0.4, -0.2) is 25.5 Å². The molecule has 2 N–H and O–H groups in total. The van der Waals surface area contributed by atoms with Gasteiger partial charge >= 0.3 is 0 Å². The highest BCUT2D eigenvalue weighted by molar-refractivity contribution is 5.91. The molecule has 1 aliphatic rings. The molecular formula is C22H26N4O2. The van der Waals surface area contributed by atoms with Gasteiger partial charge in [0.2, 0.25) is 11.9 Å². The average molecular weight is 378 g/mol. The Morgan fingerprint density at radius 3 is 2.54 bits per heavy atom. The molecule has 0 bridgehead atoms. The fourth-order valence-corrected chi connectivity index (χ4v) is 3.64. The SMILES string of the molecule is Cc1ccc(C(C)(O)CC(=O)Nc2nc3ccc(C)nc3n2C2CCC2)cc1. The Kier molecular flexibility index (Phi) is 4.67. The van der Waals surface area contributed by atoms with Gasteiger partial charge in [0.1, 0.15) is 5.52 Å². The maximum Gasteiger partial charge on any atom is 0.229 e. The van der Waals surface area contributed by atoms with Gasteiger partial charge in [0.25, 0.3) is 0 Å². The van der Waals surface area contributed by atoms with Crippen LogP contribution in [0, 0.1) is 13.8 Å². The van der Waals surface area contributed by atoms with Crippen LogP contribution in [0.4, 0.5) is 5.95 Å². The Hall–Kier alpha value is -2.73. The molecule has 28 heavy (non-hydrogen) atoms. The molecule has 1 atom stereocenters. The van der Waals surface area contributed by atoms with Crippen molar-refractivity contribution in [2.45, 2.75) is 58.1 Å². The third-order valence-electron chi connectivity index (χ3n) is 5.55. The zero-order valence-corrected chi connectivity index (χ0v) is 16.6. The van der Waals surface area contributed by atoms with E-state index in [1.807, 2.05) is 54.8 Å². The number of pyridine rings is 1. The van der Waals surface area contributed by atoms with Crippen LogP contribution in [0.15, 0.2) is 36.4 Å². The third kappa shape index (κ3) is 3.52. The molecule has 1 aliphatic carbocycles. The standard InChI is InChI=1S/C22H26N4O2/c1-14-7-10-16(11-8-14)22(3,28)13-19(27)25-21-24-18-12-9-15(2)23-20(18)26(21)17-5-4-6-17/h7-12,17,28H,4-6,13H2,1-3H3,(H,24,25,27). The molecule has 3 aromatic rings. The first-order valence-corrected chi connectivity index (χ1v) is 9.78. The first-order chi connectivity index (χ1) is 13.3. The number of benzene rings is 1. The van der Waals surface area contributed by atoms with Gasteiger partial charge in [0.15, 0.2) is 5.65 Å². The van der Waals surface area contributed by atoms with E-state index in [2.05, 4.69) is 15.3 Å². The van der Waals surface area contributed by atoms with Crippen molar-refractivity contribution in [2.75, 3.05) is 5.32 Å². The van der Waals surface area contributed by atoms with Gasteiger partial charge < -0.3 is 5.11 Å². The van der Waals surface area contributed by atoms with Gasteiger partial charge in [0, 0.05) is 11.7 Å². The van der Waals surface area contributed by atoms with Crippen LogP contribution in [0.2, 0.25) is 0 Å². The van der Waals surface area contributed by atoms with Crippen molar-refractivity contribution in [1.82, 2.24) is 14.5 Å². The summed E-state index contributed by atoms with van der Waals surface area (Å²) >= 11 is 0. The normalized spacial score (nSPS) is 16.6. The second-order valence-electron chi connectivity index (χ2n) is 8.05. The number of amides is 1. The lowest BCUT2D eigenvalue weighted by molar-refractivity contribution is -0.120. The molecule has 1 unspecified atom stereocenters. The summed E-state index contributed by atoms with van der Waals surface area (Å²) in [5.74, 6) is 0.251. The number of imidazole rings is 1. The second kappa shape index (κ2) is 7.02. The minimum atomic E-state index is -1.25. The predicted molar refractivity (Wildman–Crippen MR) is 109 cm³/mol. The van der Waals surface area contributed by atoms with Crippen LogP contribution in [0.3, 0.4) is 0 Å². The highest BCUT2D eigenvalue weighted by Gasteiger charge is 2.29. The lowest BCUT2D eigenvalue weighted by Gasteiger charge is -2.29.